The minimum atomic E-state index is -0.409. The first-order valence-corrected chi connectivity index (χ1v) is 9.06. The molecule has 1 heterocycles. The first-order chi connectivity index (χ1) is 11.8. The fourth-order valence-corrected chi connectivity index (χ4v) is 3.50. The predicted molar refractivity (Wildman–Crippen MR) is 96.1 cm³/mol. The average molecular weight is 326 g/mol. The predicted octanol–water partition coefficient (Wildman–Crippen LogP) is 2.22. The first-order valence-electron chi connectivity index (χ1n) is 9.06. The third-order valence-electron chi connectivity index (χ3n) is 4.74. The van der Waals surface area contributed by atoms with Crippen molar-refractivity contribution in [1.29, 1.82) is 0 Å². The van der Waals surface area contributed by atoms with Gasteiger partial charge in [-0.05, 0) is 30.4 Å². The summed E-state index contributed by atoms with van der Waals surface area (Å²) in [6.45, 7) is 3.52. The standard InChI is InChI=1S/C21H27NO2/c23-20(16-22-14-8-3-9-15-22)17-24-21(18-10-4-1-5-11-18)19-12-6-2-7-13-19/h1-2,4-7,10-13,20-21,23H,3,8-9,14-17H2/p+1/t20-/m0/s1. The van der Waals surface area contributed by atoms with E-state index in [0.29, 0.717) is 6.61 Å². The maximum absolute atomic E-state index is 10.4. The molecule has 1 atom stereocenters. The minimum absolute atomic E-state index is 0.126. The molecule has 0 unspecified atom stereocenters. The summed E-state index contributed by atoms with van der Waals surface area (Å²) in [6, 6.07) is 20.5. The van der Waals surface area contributed by atoms with Crippen molar-refractivity contribution in [3.05, 3.63) is 71.8 Å². The number of aliphatic hydroxyl groups is 1. The highest BCUT2D eigenvalue weighted by atomic mass is 16.5. The van der Waals surface area contributed by atoms with Crippen LogP contribution in [0.1, 0.15) is 36.5 Å². The Morgan fingerprint density at radius 1 is 0.833 bits per heavy atom. The molecule has 2 aromatic rings. The van der Waals surface area contributed by atoms with E-state index in [1.807, 2.05) is 36.4 Å². The van der Waals surface area contributed by atoms with Gasteiger partial charge in [0.2, 0.25) is 0 Å². The van der Waals surface area contributed by atoms with E-state index < -0.39 is 6.10 Å². The van der Waals surface area contributed by atoms with Gasteiger partial charge in [-0.2, -0.15) is 0 Å². The van der Waals surface area contributed by atoms with Crippen LogP contribution in [0.3, 0.4) is 0 Å². The fourth-order valence-electron chi connectivity index (χ4n) is 3.50. The molecule has 1 aliphatic heterocycles. The van der Waals surface area contributed by atoms with Gasteiger partial charge in [-0.25, -0.2) is 0 Å². The number of benzene rings is 2. The molecule has 0 amide bonds. The summed E-state index contributed by atoms with van der Waals surface area (Å²) in [5.41, 5.74) is 2.25. The van der Waals surface area contributed by atoms with Crippen LogP contribution in [-0.2, 0) is 4.74 Å². The van der Waals surface area contributed by atoms with E-state index in [0.717, 1.165) is 17.7 Å². The van der Waals surface area contributed by atoms with Crippen molar-refractivity contribution in [2.75, 3.05) is 26.2 Å². The molecule has 3 rings (SSSR count). The van der Waals surface area contributed by atoms with Crippen molar-refractivity contribution in [2.45, 2.75) is 31.5 Å². The number of ether oxygens (including phenoxy) is 1. The van der Waals surface area contributed by atoms with Crippen molar-refractivity contribution in [3.8, 4) is 0 Å². The highest BCUT2D eigenvalue weighted by Crippen LogP contribution is 2.25. The van der Waals surface area contributed by atoms with E-state index in [-0.39, 0.29) is 6.10 Å². The maximum Gasteiger partial charge on any atom is 0.126 e. The van der Waals surface area contributed by atoms with Gasteiger partial charge >= 0.3 is 0 Å². The van der Waals surface area contributed by atoms with Crippen LogP contribution in [0.2, 0.25) is 0 Å². The monoisotopic (exact) mass is 326 g/mol. The summed E-state index contributed by atoms with van der Waals surface area (Å²) in [4.78, 5) is 1.51. The van der Waals surface area contributed by atoms with Crippen LogP contribution < -0.4 is 4.90 Å². The lowest BCUT2D eigenvalue weighted by molar-refractivity contribution is -0.908. The topological polar surface area (TPSA) is 33.9 Å². The third-order valence-corrected chi connectivity index (χ3v) is 4.74. The van der Waals surface area contributed by atoms with Gasteiger partial charge in [-0.15, -0.1) is 0 Å². The Hall–Kier alpha value is -1.68. The fraction of sp³-hybridized carbons (Fsp3) is 0.429. The van der Waals surface area contributed by atoms with E-state index >= 15 is 0 Å². The van der Waals surface area contributed by atoms with E-state index in [1.54, 1.807) is 0 Å². The number of rotatable bonds is 7. The Labute approximate surface area is 144 Å². The Morgan fingerprint density at radius 2 is 1.38 bits per heavy atom. The minimum Gasteiger partial charge on any atom is -0.385 e. The largest absolute Gasteiger partial charge is 0.385 e. The lowest BCUT2D eigenvalue weighted by Crippen LogP contribution is -3.14. The summed E-state index contributed by atoms with van der Waals surface area (Å²) >= 11 is 0. The van der Waals surface area contributed by atoms with E-state index in [1.165, 1.54) is 37.3 Å². The molecule has 1 saturated heterocycles. The molecule has 2 aromatic carbocycles. The third kappa shape index (κ3) is 4.91. The van der Waals surface area contributed by atoms with Crippen LogP contribution in [-0.4, -0.2) is 37.5 Å². The maximum atomic E-state index is 10.4. The Kier molecular flexibility index (Phi) is 6.41. The molecular formula is C21H28NO2+. The second-order valence-electron chi connectivity index (χ2n) is 6.70. The van der Waals surface area contributed by atoms with Gasteiger partial charge in [-0.1, -0.05) is 60.7 Å². The molecule has 2 N–H and O–H groups in total. The van der Waals surface area contributed by atoms with Crippen LogP contribution in [0, 0.1) is 0 Å². The van der Waals surface area contributed by atoms with E-state index in [9.17, 15) is 5.11 Å². The molecule has 0 aromatic heterocycles. The van der Waals surface area contributed by atoms with Gasteiger partial charge in [0.1, 0.15) is 18.8 Å². The summed E-state index contributed by atoms with van der Waals surface area (Å²) in [7, 11) is 0. The Bertz CT molecular complexity index is 542. The van der Waals surface area contributed by atoms with Gasteiger partial charge in [0, 0.05) is 0 Å². The van der Waals surface area contributed by atoms with E-state index in [2.05, 4.69) is 24.3 Å². The van der Waals surface area contributed by atoms with Crippen molar-refractivity contribution < 1.29 is 14.7 Å². The molecule has 1 aliphatic rings. The molecule has 0 spiro atoms. The van der Waals surface area contributed by atoms with Gasteiger partial charge in [0.15, 0.2) is 0 Å². The van der Waals surface area contributed by atoms with Crippen LogP contribution >= 0.6 is 0 Å². The van der Waals surface area contributed by atoms with Gasteiger partial charge < -0.3 is 14.7 Å². The number of aliphatic hydroxyl groups excluding tert-OH is 1. The van der Waals surface area contributed by atoms with Crippen molar-refractivity contribution >= 4 is 0 Å². The molecule has 3 heteroatoms. The zero-order valence-electron chi connectivity index (χ0n) is 14.2. The zero-order valence-corrected chi connectivity index (χ0v) is 14.2. The smallest absolute Gasteiger partial charge is 0.126 e. The number of hydrogen-bond acceptors (Lipinski definition) is 2. The lowest BCUT2D eigenvalue weighted by atomic mass is 10.0. The number of nitrogens with one attached hydrogen (secondary N) is 1. The summed E-state index contributed by atoms with van der Waals surface area (Å²) in [5, 5.41) is 10.4. The number of hydrogen-bond donors (Lipinski definition) is 2. The quantitative estimate of drug-likeness (QED) is 0.818. The summed E-state index contributed by atoms with van der Waals surface area (Å²) in [5.74, 6) is 0. The Morgan fingerprint density at radius 3 is 1.92 bits per heavy atom. The summed E-state index contributed by atoms with van der Waals surface area (Å²) in [6.07, 6.45) is 3.35. The lowest BCUT2D eigenvalue weighted by Gasteiger charge is -2.26. The Balaban J connectivity index is 1.62. The molecule has 0 bridgehead atoms. The second-order valence-corrected chi connectivity index (χ2v) is 6.70. The van der Waals surface area contributed by atoms with Crippen LogP contribution in [0.25, 0.3) is 0 Å². The highest BCUT2D eigenvalue weighted by molar-refractivity contribution is 5.29. The van der Waals surface area contributed by atoms with E-state index in [4.69, 9.17) is 4.74 Å². The van der Waals surface area contributed by atoms with Crippen molar-refractivity contribution in [1.82, 2.24) is 0 Å². The summed E-state index contributed by atoms with van der Waals surface area (Å²) < 4.78 is 6.15. The van der Waals surface area contributed by atoms with Gasteiger partial charge in [-0.3, -0.25) is 0 Å². The van der Waals surface area contributed by atoms with Gasteiger partial charge in [0.05, 0.1) is 19.7 Å². The average Bonchev–Trinajstić information content (AvgIpc) is 2.64. The molecule has 0 saturated carbocycles. The van der Waals surface area contributed by atoms with Crippen LogP contribution in [0.15, 0.2) is 60.7 Å². The molecule has 1 fully saturated rings. The van der Waals surface area contributed by atoms with Crippen LogP contribution in [0.5, 0.6) is 0 Å². The van der Waals surface area contributed by atoms with Crippen molar-refractivity contribution in [3.63, 3.8) is 0 Å². The zero-order chi connectivity index (χ0) is 16.6. The number of piperidine rings is 1. The van der Waals surface area contributed by atoms with Crippen molar-refractivity contribution in [2.24, 2.45) is 0 Å². The molecule has 0 radical (unpaired) electrons. The molecular weight excluding hydrogens is 298 g/mol. The number of likely N-dealkylation sites (tertiary alicyclic amines) is 1. The molecule has 24 heavy (non-hydrogen) atoms. The highest BCUT2D eigenvalue weighted by Gasteiger charge is 2.21. The second kappa shape index (κ2) is 8.97. The number of quaternary nitrogens is 1. The van der Waals surface area contributed by atoms with Crippen LogP contribution in [0.4, 0.5) is 0 Å². The van der Waals surface area contributed by atoms with Gasteiger partial charge in [0.25, 0.3) is 0 Å². The molecule has 3 nitrogen and oxygen atoms in total. The first kappa shape index (κ1) is 17.2. The molecule has 128 valence electrons. The normalized spacial score (nSPS) is 17.1. The SMILES string of the molecule is O[C@H](COC(c1ccccc1)c1ccccc1)C[NH+]1CCCCC1. The molecule has 0 aliphatic carbocycles.